The van der Waals surface area contributed by atoms with Gasteiger partial charge >= 0.3 is 6.18 Å². The first-order valence-corrected chi connectivity index (χ1v) is 6.50. The molecule has 1 aromatic heterocycles. The highest BCUT2D eigenvalue weighted by atomic mass is 19.4. The summed E-state index contributed by atoms with van der Waals surface area (Å²) >= 11 is 0. The van der Waals surface area contributed by atoms with Gasteiger partial charge in [0.15, 0.2) is 5.78 Å². The lowest BCUT2D eigenvalue weighted by Gasteiger charge is -2.10. The second-order valence-corrected chi connectivity index (χ2v) is 4.72. The maximum atomic E-state index is 12.7. The van der Waals surface area contributed by atoms with Crippen molar-refractivity contribution in [2.45, 2.75) is 26.4 Å². The lowest BCUT2D eigenvalue weighted by atomic mass is 10.00. The van der Waals surface area contributed by atoms with Crippen molar-refractivity contribution >= 4 is 5.78 Å². The van der Waals surface area contributed by atoms with Crippen LogP contribution >= 0.6 is 0 Å². The third kappa shape index (κ3) is 3.29. The number of halogens is 3. The largest absolute Gasteiger partial charge is 0.416 e. The van der Waals surface area contributed by atoms with Crippen molar-refractivity contribution < 1.29 is 18.0 Å². The number of alkyl halides is 3. The van der Waals surface area contributed by atoms with E-state index < -0.39 is 11.7 Å². The van der Waals surface area contributed by atoms with Gasteiger partial charge in [-0.25, -0.2) is 0 Å². The fraction of sp³-hybridized carbons (Fsp3) is 0.250. The molecule has 0 amide bonds. The highest BCUT2D eigenvalue weighted by molar-refractivity contribution is 5.94. The topological polar surface area (TPSA) is 30.0 Å². The van der Waals surface area contributed by atoms with Gasteiger partial charge in [0, 0.05) is 18.7 Å². The molecule has 1 aromatic carbocycles. The maximum Gasteiger partial charge on any atom is 0.416 e. The van der Waals surface area contributed by atoms with E-state index in [-0.39, 0.29) is 5.78 Å². The highest BCUT2D eigenvalue weighted by Gasteiger charge is 2.30. The number of hydrogen-bond donors (Lipinski definition) is 0. The minimum Gasteiger partial charge on any atom is -0.293 e. The van der Waals surface area contributed by atoms with Crippen molar-refractivity contribution in [1.29, 1.82) is 0 Å². The monoisotopic (exact) mass is 293 g/mol. The molecule has 0 aliphatic heterocycles. The van der Waals surface area contributed by atoms with E-state index in [1.807, 2.05) is 6.92 Å². The molecule has 2 aromatic rings. The molecule has 0 saturated heterocycles. The molecule has 2 nitrogen and oxygen atoms in total. The standard InChI is InChI=1S/C16H14F3NO/c1-3-11-7-13(9-20-15(11)10(2)21)12-5-4-6-14(8-12)16(17,18)19/h4-9H,3H2,1-2H3. The molecular formula is C16H14F3NO. The van der Waals surface area contributed by atoms with Gasteiger partial charge in [-0.05, 0) is 35.7 Å². The van der Waals surface area contributed by atoms with E-state index in [0.29, 0.717) is 23.2 Å². The first kappa shape index (κ1) is 15.2. The summed E-state index contributed by atoms with van der Waals surface area (Å²) in [5, 5.41) is 0. The Balaban J connectivity index is 2.50. The molecule has 0 radical (unpaired) electrons. The van der Waals surface area contributed by atoms with Crippen LogP contribution in [0.2, 0.25) is 0 Å². The Hall–Kier alpha value is -2.17. The maximum absolute atomic E-state index is 12.7. The second kappa shape index (κ2) is 5.68. The van der Waals surface area contributed by atoms with E-state index in [9.17, 15) is 18.0 Å². The van der Waals surface area contributed by atoms with Crippen molar-refractivity contribution in [3.63, 3.8) is 0 Å². The Morgan fingerprint density at radius 3 is 2.48 bits per heavy atom. The van der Waals surface area contributed by atoms with Crippen LogP contribution in [0.4, 0.5) is 13.2 Å². The Kier molecular flexibility index (Phi) is 4.11. The molecule has 2 rings (SSSR count). The predicted molar refractivity (Wildman–Crippen MR) is 74.1 cm³/mol. The zero-order valence-corrected chi connectivity index (χ0v) is 11.7. The Morgan fingerprint density at radius 2 is 1.90 bits per heavy atom. The van der Waals surface area contributed by atoms with Crippen LogP contribution in [0.15, 0.2) is 36.5 Å². The number of hydrogen-bond acceptors (Lipinski definition) is 2. The number of rotatable bonds is 3. The van der Waals surface area contributed by atoms with Gasteiger partial charge in [0.05, 0.1) is 5.56 Å². The molecule has 0 atom stereocenters. The Labute approximate surface area is 120 Å². The molecule has 110 valence electrons. The fourth-order valence-corrected chi connectivity index (χ4v) is 2.13. The number of benzene rings is 1. The van der Waals surface area contributed by atoms with Crippen molar-refractivity contribution in [2.24, 2.45) is 0 Å². The summed E-state index contributed by atoms with van der Waals surface area (Å²) in [7, 11) is 0. The van der Waals surface area contributed by atoms with Gasteiger partial charge in [-0.15, -0.1) is 0 Å². The van der Waals surface area contributed by atoms with Gasteiger partial charge in [0.1, 0.15) is 5.69 Å². The first-order valence-electron chi connectivity index (χ1n) is 6.50. The van der Waals surface area contributed by atoms with Crippen LogP contribution in [0.1, 0.15) is 35.5 Å². The molecule has 0 N–H and O–H groups in total. The lowest BCUT2D eigenvalue weighted by molar-refractivity contribution is -0.137. The van der Waals surface area contributed by atoms with Crippen LogP contribution < -0.4 is 0 Å². The summed E-state index contributed by atoms with van der Waals surface area (Å²) in [6.07, 6.45) is -2.35. The first-order chi connectivity index (χ1) is 9.82. The molecule has 0 saturated carbocycles. The zero-order valence-electron chi connectivity index (χ0n) is 11.7. The van der Waals surface area contributed by atoms with Gasteiger partial charge in [0.25, 0.3) is 0 Å². The van der Waals surface area contributed by atoms with E-state index in [2.05, 4.69) is 4.98 Å². The van der Waals surface area contributed by atoms with Crippen LogP contribution in [0.3, 0.4) is 0 Å². The van der Waals surface area contributed by atoms with Crippen molar-refractivity contribution in [3.05, 3.63) is 53.3 Å². The second-order valence-electron chi connectivity index (χ2n) is 4.72. The third-order valence-corrected chi connectivity index (χ3v) is 3.20. The normalized spacial score (nSPS) is 11.5. The van der Waals surface area contributed by atoms with Crippen LogP contribution in [-0.2, 0) is 12.6 Å². The number of aryl methyl sites for hydroxylation is 1. The summed E-state index contributed by atoms with van der Waals surface area (Å²) in [6, 6.07) is 6.80. The Morgan fingerprint density at radius 1 is 1.19 bits per heavy atom. The fourth-order valence-electron chi connectivity index (χ4n) is 2.13. The molecule has 5 heteroatoms. The van der Waals surface area contributed by atoms with Crippen LogP contribution in [-0.4, -0.2) is 10.8 Å². The number of carbonyl (C=O) groups excluding carboxylic acids is 1. The highest BCUT2D eigenvalue weighted by Crippen LogP contribution is 2.32. The molecule has 0 bridgehead atoms. The average molecular weight is 293 g/mol. The summed E-state index contributed by atoms with van der Waals surface area (Å²) in [5.74, 6) is -0.151. The molecule has 0 fully saturated rings. The van der Waals surface area contributed by atoms with Crippen molar-refractivity contribution in [1.82, 2.24) is 4.98 Å². The summed E-state index contributed by atoms with van der Waals surface area (Å²) in [6.45, 7) is 3.30. The quantitative estimate of drug-likeness (QED) is 0.778. The molecule has 0 aliphatic carbocycles. The zero-order chi connectivity index (χ0) is 15.6. The minimum absolute atomic E-state index is 0.151. The molecule has 0 aliphatic rings. The molecule has 0 unspecified atom stereocenters. The predicted octanol–water partition coefficient (Wildman–Crippen LogP) is 4.53. The van der Waals surface area contributed by atoms with Gasteiger partial charge in [0.2, 0.25) is 0 Å². The van der Waals surface area contributed by atoms with Crippen LogP contribution in [0, 0.1) is 0 Å². The third-order valence-electron chi connectivity index (χ3n) is 3.20. The molecule has 21 heavy (non-hydrogen) atoms. The van der Waals surface area contributed by atoms with Gasteiger partial charge in [-0.3, -0.25) is 9.78 Å². The van der Waals surface area contributed by atoms with E-state index >= 15 is 0 Å². The number of Topliss-reactive ketones (excluding diaryl/α,β-unsaturated/α-hetero) is 1. The smallest absolute Gasteiger partial charge is 0.293 e. The van der Waals surface area contributed by atoms with Crippen LogP contribution in [0.25, 0.3) is 11.1 Å². The average Bonchev–Trinajstić information content (AvgIpc) is 2.45. The van der Waals surface area contributed by atoms with Crippen LogP contribution in [0.5, 0.6) is 0 Å². The van der Waals surface area contributed by atoms with E-state index in [1.54, 1.807) is 12.1 Å². The molecule has 0 spiro atoms. The number of pyridine rings is 1. The number of aromatic nitrogens is 1. The number of ketones is 1. The minimum atomic E-state index is -4.38. The van der Waals surface area contributed by atoms with E-state index in [4.69, 9.17) is 0 Å². The lowest BCUT2D eigenvalue weighted by Crippen LogP contribution is -2.05. The van der Waals surface area contributed by atoms with Gasteiger partial charge in [-0.2, -0.15) is 13.2 Å². The van der Waals surface area contributed by atoms with Crippen molar-refractivity contribution in [2.75, 3.05) is 0 Å². The molecule has 1 heterocycles. The van der Waals surface area contributed by atoms with Gasteiger partial charge < -0.3 is 0 Å². The summed E-state index contributed by atoms with van der Waals surface area (Å²) in [5.41, 5.74) is 1.41. The number of nitrogens with zero attached hydrogens (tertiary/aromatic N) is 1. The Bertz CT molecular complexity index is 677. The van der Waals surface area contributed by atoms with E-state index in [0.717, 1.165) is 17.7 Å². The number of carbonyl (C=O) groups is 1. The summed E-state index contributed by atoms with van der Waals surface area (Å²) < 4.78 is 38.2. The van der Waals surface area contributed by atoms with E-state index in [1.165, 1.54) is 19.2 Å². The SMILES string of the molecule is CCc1cc(-c2cccc(C(F)(F)F)c2)cnc1C(C)=O. The molecular weight excluding hydrogens is 279 g/mol. The van der Waals surface area contributed by atoms with Gasteiger partial charge in [-0.1, -0.05) is 19.1 Å². The summed E-state index contributed by atoms with van der Waals surface area (Å²) in [4.78, 5) is 15.5. The van der Waals surface area contributed by atoms with Crippen molar-refractivity contribution in [3.8, 4) is 11.1 Å².